The molecule has 1 N–H and O–H groups in total. The van der Waals surface area contributed by atoms with Crippen LogP contribution in [-0.2, 0) is 6.18 Å². The number of halogens is 3. The molecule has 1 heterocycles. The molecular weight excluding hydrogens is 261 g/mol. The molecule has 1 fully saturated rings. The van der Waals surface area contributed by atoms with Crippen LogP contribution in [0.2, 0.25) is 0 Å². The highest BCUT2D eigenvalue weighted by Gasteiger charge is 2.30. The summed E-state index contributed by atoms with van der Waals surface area (Å²) in [4.78, 5) is 3.81. The fourth-order valence-electron chi connectivity index (χ4n) is 1.48. The number of aromatic nitrogens is 1. The Kier molecular flexibility index (Phi) is 4.50. The van der Waals surface area contributed by atoms with E-state index in [9.17, 15) is 13.2 Å². The molecule has 0 atom stereocenters. The minimum absolute atomic E-state index is 0.648. The first-order chi connectivity index (χ1) is 8.55. The minimum Gasteiger partial charge on any atom is -0.314 e. The lowest BCUT2D eigenvalue weighted by Gasteiger charge is -2.06. The topological polar surface area (TPSA) is 24.9 Å². The second kappa shape index (κ2) is 5.93. The largest absolute Gasteiger partial charge is 0.417 e. The van der Waals surface area contributed by atoms with Crippen LogP contribution in [0.15, 0.2) is 23.4 Å². The van der Waals surface area contributed by atoms with E-state index in [4.69, 9.17) is 0 Å². The van der Waals surface area contributed by atoms with Crippen molar-refractivity contribution in [3.8, 4) is 0 Å². The van der Waals surface area contributed by atoms with Crippen LogP contribution in [0.3, 0.4) is 0 Å². The zero-order chi connectivity index (χ0) is 13.0. The first-order valence-electron chi connectivity index (χ1n) is 5.95. The molecule has 1 aromatic rings. The molecule has 0 radical (unpaired) electrons. The van der Waals surface area contributed by atoms with E-state index < -0.39 is 11.7 Å². The SMILES string of the molecule is FC(F)(F)c1ccc(SCCCNC2CC2)nc1. The van der Waals surface area contributed by atoms with Crippen LogP contribution in [0.4, 0.5) is 13.2 Å². The Hall–Kier alpha value is -0.750. The summed E-state index contributed by atoms with van der Waals surface area (Å²) in [6, 6.07) is 3.22. The average molecular weight is 276 g/mol. The van der Waals surface area contributed by atoms with E-state index in [2.05, 4.69) is 10.3 Å². The molecule has 1 saturated carbocycles. The number of thioether (sulfide) groups is 1. The van der Waals surface area contributed by atoms with Crippen molar-refractivity contribution < 1.29 is 13.2 Å². The molecule has 2 nitrogen and oxygen atoms in total. The Morgan fingerprint density at radius 2 is 2.11 bits per heavy atom. The van der Waals surface area contributed by atoms with Crippen molar-refractivity contribution in [3.05, 3.63) is 23.9 Å². The van der Waals surface area contributed by atoms with Gasteiger partial charge in [0.2, 0.25) is 0 Å². The van der Waals surface area contributed by atoms with Gasteiger partial charge in [-0.25, -0.2) is 4.98 Å². The highest BCUT2D eigenvalue weighted by atomic mass is 32.2. The van der Waals surface area contributed by atoms with Crippen molar-refractivity contribution in [3.63, 3.8) is 0 Å². The van der Waals surface area contributed by atoms with Gasteiger partial charge < -0.3 is 5.32 Å². The number of rotatable bonds is 6. The van der Waals surface area contributed by atoms with Crippen LogP contribution in [-0.4, -0.2) is 23.3 Å². The van der Waals surface area contributed by atoms with E-state index in [0.29, 0.717) is 11.1 Å². The van der Waals surface area contributed by atoms with Crippen LogP contribution in [0.1, 0.15) is 24.8 Å². The van der Waals surface area contributed by atoms with E-state index in [1.165, 1.54) is 30.7 Å². The fourth-order valence-corrected chi connectivity index (χ4v) is 2.27. The Balaban J connectivity index is 1.69. The molecule has 0 amide bonds. The van der Waals surface area contributed by atoms with E-state index >= 15 is 0 Å². The smallest absolute Gasteiger partial charge is 0.314 e. The number of hydrogen-bond donors (Lipinski definition) is 1. The summed E-state index contributed by atoms with van der Waals surface area (Å²) in [6.45, 7) is 0.971. The summed E-state index contributed by atoms with van der Waals surface area (Å²) in [6.07, 6.45) is 0.139. The number of nitrogens with one attached hydrogen (secondary N) is 1. The second-order valence-electron chi connectivity index (χ2n) is 4.31. The van der Waals surface area contributed by atoms with Crippen LogP contribution < -0.4 is 5.32 Å². The van der Waals surface area contributed by atoms with Gasteiger partial charge in [-0.05, 0) is 37.9 Å². The van der Waals surface area contributed by atoms with Crippen LogP contribution >= 0.6 is 11.8 Å². The maximum absolute atomic E-state index is 12.3. The molecule has 0 unspecified atom stereocenters. The molecule has 1 aliphatic carbocycles. The van der Waals surface area contributed by atoms with Crippen molar-refractivity contribution in [2.75, 3.05) is 12.3 Å². The van der Waals surface area contributed by atoms with Gasteiger partial charge in [0.05, 0.1) is 10.6 Å². The van der Waals surface area contributed by atoms with Gasteiger partial charge in [0.1, 0.15) is 0 Å². The molecule has 6 heteroatoms. The second-order valence-corrected chi connectivity index (χ2v) is 5.43. The van der Waals surface area contributed by atoms with Crippen molar-refractivity contribution in [2.45, 2.75) is 36.5 Å². The summed E-state index contributed by atoms with van der Waals surface area (Å²) >= 11 is 1.49. The summed E-state index contributed by atoms with van der Waals surface area (Å²) in [5.41, 5.74) is -0.692. The maximum atomic E-state index is 12.3. The van der Waals surface area contributed by atoms with Gasteiger partial charge in [-0.1, -0.05) is 0 Å². The predicted molar refractivity (Wildman–Crippen MR) is 65.6 cm³/mol. The Morgan fingerprint density at radius 1 is 1.33 bits per heavy atom. The molecule has 0 spiro atoms. The molecule has 0 aliphatic heterocycles. The normalized spacial score (nSPS) is 15.9. The lowest BCUT2D eigenvalue weighted by Crippen LogP contribution is -2.17. The Bertz CT molecular complexity index is 374. The highest BCUT2D eigenvalue weighted by Crippen LogP contribution is 2.29. The summed E-state index contributed by atoms with van der Waals surface area (Å²) in [5.74, 6) is 0.873. The Morgan fingerprint density at radius 3 is 2.67 bits per heavy atom. The van der Waals surface area contributed by atoms with Crippen molar-refractivity contribution >= 4 is 11.8 Å². The standard InChI is InChI=1S/C12H15F3N2S/c13-12(14,15)9-2-5-11(17-8-9)18-7-1-6-16-10-3-4-10/h2,5,8,10,16H,1,3-4,6-7H2. The molecular formula is C12H15F3N2S. The van der Waals surface area contributed by atoms with E-state index in [1.54, 1.807) is 0 Å². The van der Waals surface area contributed by atoms with Gasteiger partial charge >= 0.3 is 6.18 Å². The first kappa shape index (κ1) is 13.7. The van der Waals surface area contributed by atoms with E-state index in [-0.39, 0.29) is 0 Å². The van der Waals surface area contributed by atoms with Crippen LogP contribution in [0, 0.1) is 0 Å². The van der Waals surface area contributed by atoms with Gasteiger partial charge in [-0.15, -0.1) is 11.8 Å². The third-order valence-corrected chi connectivity index (χ3v) is 3.68. The van der Waals surface area contributed by atoms with Crippen molar-refractivity contribution in [1.29, 1.82) is 0 Å². The third kappa shape index (κ3) is 4.49. The zero-order valence-electron chi connectivity index (χ0n) is 9.83. The number of pyridine rings is 1. The van der Waals surface area contributed by atoms with Crippen LogP contribution in [0.5, 0.6) is 0 Å². The molecule has 0 aromatic carbocycles. The van der Waals surface area contributed by atoms with Gasteiger partial charge in [0.15, 0.2) is 0 Å². The minimum atomic E-state index is -4.30. The molecule has 100 valence electrons. The lowest BCUT2D eigenvalue weighted by molar-refractivity contribution is -0.137. The quantitative estimate of drug-likeness (QED) is 0.637. The van der Waals surface area contributed by atoms with E-state index in [0.717, 1.165) is 31.0 Å². The lowest BCUT2D eigenvalue weighted by atomic mass is 10.3. The molecule has 18 heavy (non-hydrogen) atoms. The number of hydrogen-bond acceptors (Lipinski definition) is 3. The molecule has 2 rings (SSSR count). The molecule has 1 aromatic heterocycles. The van der Waals surface area contributed by atoms with E-state index in [1.807, 2.05) is 0 Å². The predicted octanol–water partition coefficient (Wildman–Crippen LogP) is 3.33. The van der Waals surface area contributed by atoms with Gasteiger partial charge in [-0.3, -0.25) is 0 Å². The van der Waals surface area contributed by atoms with Crippen molar-refractivity contribution in [1.82, 2.24) is 10.3 Å². The fraction of sp³-hybridized carbons (Fsp3) is 0.583. The van der Waals surface area contributed by atoms with Gasteiger partial charge in [0, 0.05) is 18.0 Å². The number of alkyl halides is 3. The highest BCUT2D eigenvalue weighted by molar-refractivity contribution is 7.99. The monoisotopic (exact) mass is 276 g/mol. The van der Waals surface area contributed by atoms with Crippen molar-refractivity contribution in [2.24, 2.45) is 0 Å². The molecule has 0 bridgehead atoms. The van der Waals surface area contributed by atoms with Crippen LogP contribution in [0.25, 0.3) is 0 Å². The number of nitrogens with zero attached hydrogens (tertiary/aromatic N) is 1. The maximum Gasteiger partial charge on any atom is 0.417 e. The summed E-state index contributed by atoms with van der Waals surface area (Å²) < 4.78 is 36.9. The third-order valence-electron chi connectivity index (χ3n) is 2.65. The zero-order valence-corrected chi connectivity index (χ0v) is 10.7. The van der Waals surface area contributed by atoms with Gasteiger partial charge in [0.25, 0.3) is 0 Å². The van der Waals surface area contributed by atoms with Gasteiger partial charge in [-0.2, -0.15) is 13.2 Å². The summed E-state index contributed by atoms with van der Waals surface area (Å²) in [5, 5.41) is 4.04. The average Bonchev–Trinajstić information content (AvgIpc) is 3.12. The molecule has 0 saturated heterocycles. The summed E-state index contributed by atoms with van der Waals surface area (Å²) in [7, 11) is 0. The molecule has 1 aliphatic rings. The first-order valence-corrected chi connectivity index (χ1v) is 6.94. The Labute approximate surface area is 108 Å².